The zero-order chi connectivity index (χ0) is 14.6. The van der Waals surface area contributed by atoms with Gasteiger partial charge in [-0.2, -0.15) is 0 Å². The number of phenols is 1. The molecule has 0 aliphatic rings. The Morgan fingerprint density at radius 3 is 2.47 bits per heavy atom. The van der Waals surface area contributed by atoms with Gasteiger partial charge < -0.3 is 15.1 Å². The van der Waals surface area contributed by atoms with Gasteiger partial charge >= 0.3 is 5.97 Å². The Hall–Kier alpha value is -2.11. The Kier molecular flexibility index (Phi) is 4.86. The van der Waals surface area contributed by atoms with Crippen molar-refractivity contribution < 1.29 is 24.2 Å². The summed E-state index contributed by atoms with van der Waals surface area (Å²) in [5.41, 5.74) is -0.183. The molecule has 0 unspecified atom stereocenters. The number of phenolic OH excluding ortho intramolecular Hbond substituents is 1. The van der Waals surface area contributed by atoms with Gasteiger partial charge in [-0.3, -0.25) is 9.59 Å². The molecular weight excluding hydrogens is 253 g/mol. The lowest BCUT2D eigenvalue weighted by Crippen LogP contribution is -2.38. The third-order valence-corrected chi connectivity index (χ3v) is 2.63. The van der Waals surface area contributed by atoms with Crippen molar-refractivity contribution in [3.05, 3.63) is 29.6 Å². The van der Waals surface area contributed by atoms with Crippen molar-refractivity contribution in [1.29, 1.82) is 0 Å². The second-order valence-corrected chi connectivity index (χ2v) is 4.40. The topological polar surface area (TPSA) is 77.8 Å². The normalized spacial score (nSPS) is 10.5. The molecule has 1 aromatic carbocycles. The standard InChI is InChI=1S/C13H16FNO4/c1-8(2)15(6-5-12(17)18)13(19)10-4-3-9(16)7-11(10)14/h3-4,7-8,16H,5-6H2,1-2H3,(H,17,18). The highest BCUT2D eigenvalue weighted by Crippen LogP contribution is 2.18. The van der Waals surface area contributed by atoms with Crippen LogP contribution in [0.2, 0.25) is 0 Å². The number of aliphatic carboxylic acids is 1. The summed E-state index contributed by atoms with van der Waals surface area (Å²) < 4.78 is 13.6. The number of carbonyl (C=O) groups is 2. The largest absolute Gasteiger partial charge is 0.508 e. The van der Waals surface area contributed by atoms with Crippen LogP contribution in [-0.2, 0) is 4.79 Å². The van der Waals surface area contributed by atoms with Gasteiger partial charge in [-0.1, -0.05) is 0 Å². The van der Waals surface area contributed by atoms with Gasteiger partial charge in [-0.25, -0.2) is 4.39 Å². The van der Waals surface area contributed by atoms with Gasteiger partial charge in [0.05, 0.1) is 12.0 Å². The first-order valence-corrected chi connectivity index (χ1v) is 5.84. The van der Waals surface area contributed by atoms with Gasteiger partial charge in [0.15, 0.2) is 0 Å². The fourth-order valence-corrected chi connectivity index (χ4v) is 1.64. The van der Waals surface area contributed by atoms with Gasteiger partial charge in [0.1, 0.15) is 11.6 Å². The molecule has 2 N–H and O–H groups in total. The van der Waals surface area contributed by atoms with Crippen LogP contribution in [0.15, 0.2) is 18.2 Å². The minimum atomic E-state index is -1.02. The van der Waals surface area contributed by atoms with E-state index in [1.807, 2.05) is 0 Å². The summed E-state index contributed by atoms with van der Waals surface area (Å²) in [6.45, 7) is 3.45. The molecule has 6 heteroatoms. The Morgan fingerprint density at radius 2 is 2.00 bits per heavy atom. The van der Waals surface area contributed by atoms with Crippen molar-refractivity contribution in [3.8, 4) is 5.75 Å². The number of carbonyl (C=O) groups excluding carboxylic acids is 1. The van der Waals surface area contributed by atoms with Gasteiger partial charge in [0, 0.05) is 18.7 Å². The van der Waals surface area contributed by atoms with Crippen LogP contribution in [0.5, 0.6) is 5.75 Å². The van der Waals surface area contributed by atoms with Gasteiger partial charge in [0.25, 0.3) is 5.91 Å². The van der Waals surface area contributed by atoms with E-state index in [1.165, 1.54) is 17.0 Å². The molecule has 0 spiro atoms. The number of hydrogen-bond acceptors (Lipinski definition) is 3. The molecule has 5 nitrogen and oxygen atoms in total. The molecule has 0 radical (unpaired) electrons. The molecule has 0 aliphatic carbocycles. The first-order valence-electron chi connectivity index (χ1n) is 5.84. The quantitative estimate of drug-likeness (QED) is 0.855. The van der Waals surface area contributed by atoms with E-state index < -0.39 is 17.7 Å². The predicted octanol–water partition coefficient (Wildman–Crippen LogP) is 1.86. The van der Waals surface area contributed by atoms with E-state index in [-0.39, 0.29) is 30.3 Å². The lowest BCUT2D eigenvalue weighted by Gasteiger charge is -2.26. The highest BCUT2D eigenvalue weighted by molar-refractivity contribution is 5.95. The summed E-state index contributed by atoms with van der Waals surface area (Å²) in [7, 11) is 0. The van der Waals surface area contributed by atoms with Gasteiger partial charge in [0.2, 0.25) is 0 Å². The van der Waals surface area contributed by atoms with Crippen LogP contribution < -0.4 is 0 Å². The monoisotopic (exact) mass is 269 g/mol. The van der Waals surface area contributed by atoms with Crippen LogP contribution in [0, 0.1) is 5.82 Å². The van der Waals surface area contributed by atoms with E-state index in [0.29, 0.717) is 0 Å². The average Bonchev–Trinajstić information content (AvgIpc) is 2.27. The Morgan fingerprint density at radius 1 is 1.37 bits per heavy atom. The average molecular weight is 269 g/mol. The summed E-state index contributed by atoms with van der Waals surface area (Å²) in [6.07, 6.45) is -0.205. The second kappa shape index (κ2) is 6.17. The summed E-state index contributed by atoms with van der Waals surface area (Å²) in [5, 5.41) is 17.7. The van der Waals surface area contributed by atoms with E-state index in [1.54, 1.807) is 13.8 Å². The molecule has 104 valence electrons. The van der Waals surface area contributed by atoms with Crippen LogP contribution in [0.1, 0.15) is 30.6 Å². The predicted molar refractivity (Wildman–Crippen MR) is 66.5 cm³/mol. The highest BCUT2D eigenvalue weighted by Gasteiger charge is 2.22. The Labute approximate surface area is 110 Å². The van der Waals surface area contributed by atoms with Crippen LogP contribution in [0.25, 0.3) is 0 Å². The lowest BCUT2D eigenvalue weighted by atomic mass is 10.1. The number of aromatic hydroxyl groups is 1. The third-order valence-electron chi connectivity index (χ3n) is 2.63. The van der Waals surface area contributed by atoms with Crippen molar-refractivity contribution in [1.82, 2.24) is 4.90 Å². The molecule has 0 fully saturated rings. The number of halogens is 1. The van der Waals surface area contributed by atoms with Crippen molar-refractivity contribution >= 4 is 11.9 Å². The third kappa shape index (κ3) is 3.94. The van der Waals surface area contributed by atoms with E-state index in [0.717, 1.165) is 6.07 Å². The minimum absolute atomic E-state index is 0.00610. The maximum Gasteiger partial charge on any atom is 0.305 e. The van der Waals surface area contributed by atoms with Crippen molar-refractivity contribution in [2.75, 3.05) is 6.54 Å². The van der Waals surface area contributed by atoms with Gasteiger partial charge in [-0.05, 0) is 26.0 Å². The number of carboxylic acids is 1. The van der Waals surface area contributed by atoms with Crippen LogP contribution in [0.3, 0.4) is 0 Å². The molecular formula is C13H16FNO4. The zero-order valence-corrected chi connectivity index (χ0v) is 10.8. The fourth-order valence-electron chi connectivity index (χ4n) is 1.64. The molecule has 0 aromatic heterocycles. The van der Waals surface area contributed by atoms with E-state index >= 15 is 0 Å². The molecule has 1 aromatic rings. The number of rotatable bonds is 5. The second-order valence-electron chi connectivity index (χ2n) is 4.40. The van der Waals surface area contributed by atoms with Gasteiger partial charge in [-0.15, -0.1) is 0 Å². The first kappa shape index (κ1) is 14.9. The Balaban J connectivity index is 2.95. The summed E-state index contributed by atoms with van der Waals surface area (Å²) in [5.74, 6) is -2.71. The van der Waals surface area contributed by atoms with Crippen LogP contribution in [-0.4, -0.2) is 39.6 Å². The molecule has 0 bridgehead atoms. The molecule has 1 amide bonds. The lowest BCUT2D eigenvalue weighted by molar-refractivity contribution is -0.137. The minimum Gasteiger partial charge on any atom is -0.508 e. The molecule has 0 aliphatic heterocycles. The van der Waals surface area contributed by atoms with Crippen molar-refractivity contribution in [2.45, 2.75) is 26.3 Å². The summed E-state index contributed by atoms with van der Waals surface area (Å²) in [6, 6.07) is 3.00. The van der Waals surface area contributed by atoms with Crippen LogP contribution >= 0.6 is 0 Å². The number of nitrogens with zero attached hydrogens (tertiary/aromatic N) is 1. The smallest absolute Gasteiger partial charge is 0.305 e. The number of hydrogen-bond donors (Lipinski definition) is 2. The van der Waals surface area contributed by atoms with E-state index in [9.17, 15) is 14.0 Å². The van der Waals surface area contributed by atoms with E-state index in [2.05, 4.69) is 0 Å². The zero-order valence-electron chi connectivity index (χ0n) is 10.8. The fraction of sp³-hybridized carbons (Fsp3) is 0.385. The Bertz CT molecular complexity index is 488. The highest BCUT2D eigenvalue weighted by atomic mass is 19.1. The maximum absolute atomic E-state index is 13.6. The molecule has 0 heterocycles. The maximum atomic E-state index is 13.6. The van der Waals surface area contributed by atoms with E-state index in [4.69, 9.17) is 10.2 Å². The molecule has 0 atom stereocenters. The number of benzene rings is 1. The molecule has 0 saturated heterocycles. The van der Waals surface area contributed by atoms with Crippen molar-refractivity contribution in [2.24, 2.45) is 0 Å². The number of amides is 1. The molecule has 0 saturated carbocycles. The SMILES string of the molecule is CC(C)N(CCC(=O)O)C(=O)c1ccc(O)cc1F. The van der Waals surface area contributed by atoms with Crippen LogP contribution in [0.4, 0.5) is 4.39 Å². The van der Waals surface area contributed by atoms with Crippen molar-refractivity contribution in [3.63, 3.8) is 0 Å². The number of carboxylic acid groups (broad SMARTS) is 1. The molecule has 1 rings (SSSR count). The summed E-state index contributed by atoms with van der Waals surface area (Å²) >= 11 is 0. The molecule has 19 heavy (non-hydrogen) atoms. The first-order chi connectivity index (χ1) is 8.82. The summed E-state index contributed by atoms with van der Waals surface area (Å²) in [4.78, 5) is 24.0.